The quantitative estimate of drug-likeness (QED) is 0.421. The van der Waals surface area contributed by atoms with Crippen molar-refractivity contribution in [2.45, 2.75) is 13.3 Å². The monoisotopic (exact) mass is 428 g/mol. The summed E-state index contributed by atoms with van der Waals surface area (Å²) >= 11 is 2.27. The summed E-state index contributed by atoms with van der Waals surface area (Å²) in [5.74, 6) is -0.600. The molecule has 4 rings (SSSR count). The molecule has 0 fully saturated rings. The standard InChI is InChI=1S/C20H16N2O5S2/c1-10(21-22-19(24)15-4-5-16(29-15)20(25)26)13-9-28-18(17(13)23)12-2-3-14-11(8-12)6-7-27-14/h2-5,8-9,23H,6-7H2,1H3,(H,22,24)(H,25,26)/b21-10+. The number of benzene rings is 1. The number of rotatable bonds is 5. The van der Waals surface area contributed by atoms with Crippen molar-refractivity contribution in [3.05, 3.63) is 56.6 Å². The summed E-state index contributed by atoms with van der Waals surface area (Å²) in [5.41, 5.74) is 5.39. The van der Waals surface area contributed by atoms with Crippen LogP contribution in [0.5, 0.6) is 11.5 Å². The molecule has 1 aromatic carbocycles. The van der Waals surface area contributed by atoms with E-state index in [-0.39, 0.29) is 15.5 Å². The highest BCUT2D eigenvalue weighted by Crippen LogP contribution is 2.40. The predicted octanol–water partition coefficient (Wildman–Crippen LogP) is 3.97. The highest BCUT2D eigenvalue weighted by atomic mass is 32.1. The number of nitrogens with zero attached hydrogens (tertiary/aromatic N) is 1. The Morgan fingerprint density at radius 3 is 2.76 bits per heavy atom. The number of ether oxygens (including phenoxy) is 1. The zero-order valence-electron chi connectivity index (χ0n) is 15.3. The number of nitrogens with one attached hydrogen (secondary N) is 1. The number of carboxylic acids is 1. The molecule has 3 aromatic rings. The number of aromatic hydroxyl groups is 1. The second-order valence-corrected chi connectivity index (χ2v) is 8.32. The second-order valence-electron chi connectivity index (χ2n) is 6.36. The van der Waals surface area contributed by atoms with Crippen molar-refractivity contribution in [1.82, 2.24) is 5.43 Å². The lowest BCUT2D eigenvalue weighted by atomic mass is 10.1. The average Bonchev–Trinajstić information content (AvgIpc) is 3.44. The SMILES string of the molecule is C/C(=N\NC(=O)c1ccc(C(=O)O)s1)c1csc(-c2ccc3c(c2)CCO3)c1O. The number of carbonyl (C=O) groups excluding carboxylic acids is 1. The largest absolute Gasteiger partial charge is 0.506 e. The Kier molecular flexibility index (Phi) is 5.08. The molecule has 0 unspecified atom stereocenters. The summed E-state index contributed by atoms with van der Waals surface area (Å²) in [7, 11) is 0. The molecule has 0 radical (unpaired) electrons. The number of thiophene rings is 2. The summed E-state index contributed by atoms with van der Waals surface area (Å²) in [5, 5.41) is 25.5. The third kappa shape index (κ3) is 3.74. The third-order valence-corrected chi connectivity index (χ3v) is 6.56. The lowest BCUT2D eigenvalue weighted by molar-refractivity contribution is 0.0702. The van der Waals surface area contributed by atoms with Gasteiger partial charge in [-0.1, -0.05) is 0 Å². The van der Waals surface area contributed by atoms with Crippen molar-refractivity contribution < 1.29 is 24.5 Å². The van der Waals surface area contributed by atoms with Gasteiger partial charge in [-0.15, -0.1) is 22.7 Å². The van der Waals surface area contributed by atoms with Gasteiger partial charge in [0.15, 0.2) is 0 Å². The van der Waals surface area contributed by atoms with Crippen LogP contribution < -0.4 is 10.2 Å². The van der Waals surface area contributed by atoms with E-state index in [0.717, 1.165) is 39.5 Å². The number of aromatic carboxylic acids is 1. The van der Waals surface area contributed by atoms with Crippen molar-refractivity contribution >= 4 is 40.3 Å². The van der Waals surface area contributed by atoms with E-state index in [1.165, 1.54) is 23.5 Å². The van der Waals surface area contributed by atoms with Crippen LogP contribution in [0.15, 0.2) is 40.8 Å². The van der Waals surface area contributed by atoms with E-state index in [1.807, 2.05) is 18.2 Å². The Labute approximate surface area is 173 Å². The smallest absolute Gasteiger partial charge is 0.345 e. The zero-order chi connectivity index (χ0) is 20.5. The minimum absolute atomic E-state index is 0.0794. The van der Waals surface area contributed by atoms with E-state index < -0.39 is 11.9 Å². The fourth-order valence-electron chi connectivity index (χ4n) is 2.97. The molecule has 0 spiro atoms. The van der Waals surface area contributed by atoms with Gasteiger partial charge in [0.25, 0.3) is 5.91 Å². The summed E-state index contributed by atoms with van der Waals surface area (Å²) < 4.78 is 5.52. The molecule has 1 aliphatic heterocycles. The molecule has 0 saturated carbocycles. The van der Waals surface area contributed by atoms with Crippen LogP contribution in [-0.4, -0.2) is 34.4 Å². The fraction of sp³-hybridized carbons (Fsp3) is 0.150. The number of carbonyl (C=O) groups is 2. The number of fused-ring (bicyclic) bond motifs is 1. The number of hydrazone groups is 1. The van der Waals surface area contributed by atoms with Crippen LogP contribution in [0.2, 0.25) is 0 Å². The van der Waals surface area contributed by atoms with Crippen LogP contribution in [0.4, 0.5) is 0 Å². The van der Waals surface area contributed by atoms with Crippen LogP contribution in [0, 0.1) is 0 Å². The van der Waals surface area contributed by atoms with E-state index >= 15 is 0 Å². The molecule has 3 N–H and O–H groups in total. The molecular formula is C20H16N2O5S2. The molecule has 2 aromatic heterocycles. The van der Waals surface area contributed by atoms with Gasteiger partial charge in [-0.25, -0.2) is 10.2 Å². The molecule has 0 bridgehead atoms. The van der Waals surface area contributed by atoms with Crippen molar-refractivity contribution in [3.8, 4) is 21.9 Å². The van der Waals surface area contributed by atoms with Crippen LogP contribution in [0.1, 0.15) is 37.4 Å². The Bertz CT molecular complexity index is 1150. The van der Waals surface area contributed by atoms with E-state index in [0.29, 0.717) is 17.9 Å². The summed E-state index contributed by atoms with van der Waals surface area (Å²) in [6.45, 7) is 2.35. The average molecular weight is 428 g/mol. The Morgan fingerprint density at radius 1 is 1.21 bits per heavy atom. The highest BCUT2D eigenvalue weighted by molar-refractivity contribution is 7.15. The molecule has 1 aliphatic rings. The number of carboxylic acid groups (broad SMARTS) is 1. The minimum Gasteiger partial charge on any atom is -0.506 e. The topological polar surface area (TPSA) is 108 Å². The van der Waals surface area contributed by atoms with Crippen LogP contribution in [-0.2, 0) is 6.42 Å². The van der Waals surface area contributed by atoms with E-state index in [9.17, 15) is 14.7 Å². The molecular weight excluding hydrogens is 412 g/mol. The van der Waals surface area contributed by atoms with E-state index in [4.69, 9.17) is 9.84 Å². The lowest BCUT2D eigenvalue weighted by Gasteiger charge is -2.04. The van der Waals surface area contributed by atoms with Gasteiger partial charge >= 0.3 is 5.97 Å². The van der Waals surface area contributed by atoms with Gasteiger partial charge in [0.1, 0.15) is 16.4 Å². The van der Waals surface area contributed by atoms with Crippen molar-refractivity contribution in [2.75, 3.05) is 6.61 Å². The summed E-state index contributed by atoms with van der Waals surface area (Å²) in [6.07, 6.45) is 0.848. The normalized spacial score (nSPS) is 13.1. The molecule has 3 heterocycles. The van der Waals surface area contributed by atoms with Crippen LogP contribution in [0.3, 0.4) is 0 Å². The maximum absolute atomic E-state index is 12.2. The lowest BCUT2D eigenvalue weighted by Crippen LogP contribution is -2.18. The van der Waals surface area contributed by atoms with E-state index in [2.05, 4.69) is 10.5 Å². The summed E-state index contributed by atoms with van der Waals surface area (Å²) in [4.78, 5) is 24.1. The van der Waals surface area contributed by atoms with Crippen molar-refractivity contribution in [2.24, 2.45) is 5.10 Å². The molecule has 0 atom stereocenters. The fourth-order valence-corrected chi connectivity index (χ4v) is 4.70. The van der Waals surface area contributed by atoms with Crippen molar-refractivity contribution in [1.29, 1.82) is 0 Å². The molecule has 0 aliphatic carbocycles. The highest BCUT2D eigenvalue weighted by Gasteiger charge is 2.18. The van der Waals surface area contributed by atoms with Gasteiger partial charge in [0.05, 0.1) is 27.6 Å². The van der Waals surface area contributed by atoms with Gasteiger partial charge in [0, 0.05) is 11.8 Å². The van der Waals surface area contributed by atoms with Gasteiger partial charge < -0.3 is 14.9 Å². The second kappa shape index (κ2) is 7.69. The van der Waals surface area contributed by atoms with Gasteiger partial charge in [-0.05, 0) is 48.4 Å². The number of hydrogen-bond acceptors (Lipinski definition) is 7. The maximum Gasteiger partial charge on any atom is 0.345 e. The first-order valence-electron chi connectivity index (χ1n) is 8.68. The third-order valence-electron chi connectivity index (χ3n) is 4.47. The minimum atomic E-state index is -1.08. The number of amides is 1. The summed E-state index contributed by atoms with van der Waals surface area (Å²) in [6, 6.07) is 8.64. The molecule has 29 heavy (non-hydrogen) atoms. The predicted molar refractivity (Wildman–Crippen MR) is 112 cm³/mol. The first kappa shape index (κ1) is 19.2. The Hall–Kier alpha value is -3.17. The molecule has 1 amide bonds. The maximum atomic E-state index is 12.2. The first-order chi connectivity index (χ1) is 13.9. The molecule has 0 saturated heterocycles. The van der Waals surface area contributed by atoms with Gasteiger partial charge in [-0.3, -0.25) is 4.79 Å². The first-order valence-corrected chi connectivity index (χ1v) is 10.4. The Morgan fingerprint density at radius 2 is 2.00 bits per heavy atom. The molecule has 148 valence electrons. The molecule has 9 heteroatoms. The molecule has 7 nitrogen and oxygen atoms in total. The van der Waals surface area contributed by atoms with Crippen LogP contribution in [0.25, 0.3) is 10.4 Å². The van der Waals surface area contributed by atoms with Crippen molar-refractivity contribution in [3.63, 3.8) is 0 Å². The number of hydrogen-bond donors (Lipinski definition) is 3. The van der Waals surface area contributed by atoms with Gasteiger partial charge in [-0.2, -0.15) is 5.10 Å². The van der Waals surface area contributed by atoms with Gasteiger partial charge in [0.2, 0.25) is 0 Å². The Balaban J connectivity index is 1.52. The van der Waals surface area contributed by atoms with E-state index in [1.54, 1.807) is 12.3 Å². The van der Waals surface area contributed by atoms with Crippen LogP contribution >= 0.6 is 22.7 Å². The zero-order valence-corrected chi connectivity index (χ0v) is 16.9.